The van der Waals surface area contributed by atoms with Crippen LogP contribution in [0.3, 0.4) is 0 Å². The summed E-state index contributed by atoms with van der Waals surface area (Å²) in [7, 11) is -1.77. The van der Waals surface area contributed by atoms with Crippen LogP contribution in [0.15, 0.2) is 0 Å². The number of hydrogen-bond acceptors (Lipinski definition) is 6. The molecular formula is C12H24BrN3S3Si. The second-order valence-electron chi connectivity index (χ2n) is 5.35. The van der Waals surface area contributed by atoms with E-state index in [-0.39, 0.29) is 0 Å². The van der Waals surface area contributed by atoms with Gasteiger partial charge in [0.15, 0.2) is 0 Å². The van der Waals surface area contributed by atoms with Gasteiger partial charge in [-0.05, 0) is 0 Å². The molecule has 0 atom stereocenters. The highest BCUT2D eigenvalue weighted by Crippen LogP contribution is 2.33. The second kappa shape index (κ2) is 7.94. The van der Waals surface area contributed by atoms with Gasteiger partial charge >= 0.3 is 7.18 Å². The van der Waals surface area contributed by atoms with Gasteiger partial charge < -0.3 is 0 Å². The molecule has 3 rings (SSSR count). The topological polar surface area (TPSA) is 9.72 Å². The van der Waals surface area contributed by atoms with Crippen LogP contribution in [-0.4, -0.2) is 94.7 Å². The van der Waals surface area contributed by atoms with Gasteiger partial charge in [-0.15, -0.1) is 0 Å². The fraction of sp³-hybridized carbons (Fsp3) is 1.00. The Labute approximate surface area is 144 Å². The molecule has 3 saturated heterocycles. The van der Waals surface area contributed by atoms with Crippen molar-refractivity contribution in [1.29, 1.82) is 0 Å². The first-order chi connectivity index (χ1) is 9.82. The average molecular weight is 415 g/mol. The van der Waals surface area contributed by atoms with E-state index in [0.717, 1.165) is 0 Å². The quantitative estimate of drug-likeness (QED) is 0.512. The molecule has 0 saturated carbocycles. The standard InChI is InChI=1S/C12H24BrN3S3Si/c13-20(14-1-7-17-8-2-14,15-3-9-18-10-4-15)16-5-11-19-12-6-16/h1-12H2. The molecule has 0 aromatic carbocycles. The minimum Gasteiger partial charge on any atom is -0.289 e. The second-order valence-corrected chi connectivity index (χ2v) is 15.2. The molecular weight excluding hydrogens is 390 g/mol. The van der Waals surface area contributed by atoms with Crippen LogP contribution in [0.1, 0.15) is 0 Å². The molecule has 3 fully saturated rings. The van der Waals surface area contributed by atoms with Crippen LogP contribution in [0.2, 0.25) is 0 Å². The summed E-state index contributed by atoms with van der Waals surface area (Å²) in [4.78, 5) is 0. The maximum Gasteiger partial charge on any atom is 0.365 e. The Morgan fingerprint density at radius 3 is 1.05 bits per heavy atom. The summed E-state index contributed by atoms with van der Waals surface area (Å²) < 4.78 is 8.49. The Morgan fingerprint density at radius 2 is 0.800 bits per heavy atom. The molecule has 0 radical (unpaired) electrons. The Kier molecular flexibility index (Phi) is 6.55. The first-order valence-electron chi connectivity index (χ1n) is 7.49. The molecule has 3 heterocycles. The van der Waals surface area contributed by atoms with Crippen molar-refractivity contribution < 1.29 is 0 Å². The molecule has 0 unspecified atom stereocenters. The lowest BCUT2D eigenvalue weighted by Crippen LogP contribution is -2.74. The van der Waals surface area contributed by atoms with Crippen molar-refractivity contribution in [3.63, 3.8) is 0 Å². The molecule has 0 spiro atoms. The van der Waals surface area contributed by atoms with E-state index in [4.69, 9.17) is 0 Å². The van der Waals surface area contributed by atoms with Gasteiger partial charge in [0, 0.05) is 73.8 Å². The van der Waals surface area contributed by atoms with E-state index >= 15 is 0 Å². The third-order valence-corrected chi connectivity index (χ3v) is 15.3. The molecule has 0 aromatic heterocycles. The van der Waals surface area contributed by atoms with Crippen LogP contribution in [0.5, 0.6) is 0 Å². The largest absolute Gasteiger partial charge is 0.365 e. The van der Waals surface area contributed by atoms with Gasteiger partial charge in [-0.3, -0.25) is 13.7 Å². The number of hydrogen-bond donors (Lipinski definition) is 0. The Hall–Kier alpha value is 1.63. The van der Waals surface area contributed by atoms with E-state index in [1.807, 2.05) is 0 Å². The van der Waals surface area contributed by atoms with Crippen molar-refractivity contribution in [1.82, 2.24) is 13.7 Å². The third kappa shape index (κ3) is 3.58. The van der Waals surface area contributed by atoms with Gasteiger partial charge in [-0.1, -0.05) is 15.3 Å². The molecule has 3 aliphatic rings. The number of thioether (sulfide) groups is 3. The summed E-state index contributed by atoms with van der Waals surface area (Å²) in [6, 6.07) is 0. The van der Waals surface area contributed by atoms with Gasteiger partial charge in [-0.25, -0.2) is 0 Å². The Bertz CT molecular complexity index is 263. The highest BCUT2D eigenvalue weighted by Gasteiger charge is 2.50. The molecule has 0 amide bonds. The van der Waals surface area contributed by atoms with Crippen molar-refractivity contribution in [2.45, 2.75) is 0 Å². The summed E-state index contributed by atoms with van der Waals surface area (Å²) in [6.45, 7) is 7.64. The van der Waals surface area contributed by atoms with Crippen molar-refractivity contribution in [2.24, 2.45) is 0 Å². The van der Waals surface area contributed by atoms with E-state index in [1.165, 1.54) is 73.8 Å². The third-order valence-electron chi connectivity index (χ3n) is 4.24. The van der Waals surface area contributed by atoms with E-state index < -0.39 is 7.18 Å². The zero-order valence-electron chi connectivity index (χ0n) is 11.9. The van der Waals surface area contributed by atoms with E-state index in [1.54, 1.807) is 0 Å². The molecule has 0 aromatic rings. The van der Waals surface area contributed by atoms with Crippen LogP contribution in [0.4, 0.5) is 0 Å². The van der Waals surface area contributed by atoms with Gasteiger partial charge in [0.2, 0.25) is 0 Å². The summed E-state index contributed by atoms with van der Waals surface area (Å²) in [5.41, 5.74) is 0. The minimum atomic E-state index is -1.77. The Morgan fingerprint density at radius 1 is 0.550 bits per heavy atom. The monoisotopic (exact) mass is 413 g/mol. The Balaban J connectivity index is 1.79. The van der Waals surface area contributed by atoms with Crippen LogP contribution < -0.4 is 0 Å². The number of rotatable bonds is 3. The molecule has 0 bridgehead atoms. The molecule has 3 nitrogen and oxygen atoms in total. The van der Waals surface area contributed by atoms with Crippen molar-refractivity contribution in [2.75, 3.05) is 73.8 Å². The van der Waals surface area contributed by atoms with Crippen molar-refractivity contribution >= 4 is 57.8 Å². The maximum absolute atomic E-state index is 4.36. The first kappa shape index (κ1) is 16.5. The van der Waals surface area contributed by atoms with Gasteiger partial charge in [0.05, 0.1) is 0 Å². The van der Waals surface area contributed by atoms with E-state index in [0.29, 0.717) is 0 Å². The lowest BCUT2D eigenvalue weighted by atomic mass is 10.6. The highest BCUT2D eigenvalue weighted by atomic mass is 79.9. The average Bonchev–Trinajstić information content (AvgIpc) is 2.56. The fourth-order valence-corrected chi connectivity index (χ4v) is 13.6. The smallest absolute Gasteiger partial charge is 0.289 e. The summed E-state index contributed by atoms with van der Waals surface area (Å²) >= 11 is 10.7. The van der Waals surface area contributed by atoms with Gasteiger partial charge in [0.1, 0.15) is 0 Å². The summed E-state index contributed by atoms with van der Waals surface area (Å²) in [5, 5.41) is 0. The zero-order chi connectivity index (χ0) is 13.8. The van der Waals surface area contributed by atoms with Crippen LogP contribution in [0.25, 0.3) is 0 Å². The van der Waals surface area contributed by atoms with Crippen LogP contribution in [-0.2, 0) is 0 Å². The molecule has 0 aliphatic carbocycles. The van der Waals surface area contributed by atoms with Crippen LogP contribution >= 0.6 is 50.6 Å². The predicted octanol–water partition coefficient (Wildman–Crippen LogP) is 1.96. The first-order valence-corrected chi connectivity index (χ1v) is 15.1. The van der Waals surface area contributed by atoms with Crippen molar-refractivity contribution in [3.05, 3.63) is 0 Å². The SMILES string of the molecule is Br[Si](N1CCSCC1)(N1CCSCC1)N1CCSCC1. The lowest BCUT2D eigenvalue weighted by molar-refractivity contribution is 0.286. The maximum atomic E-state index is 4.36. The normalized spacial score (nSPS) is 28.6. The molecule has 20 heavy (non-hydrogen) atoms. The number of halogens is 1. The van der Waals surface area contributed by atoms with Crippen molar-refractivity contribution in [3.8, 4) is 0 Å². The number of nitrogens with zero attached hydrogens (tertiary/aromatic N) is 3. The minimum absolute atomic E-state index is 1.27. The fourth-order valence-electron chi connectivity index (χ4n) is 3.14. The lowest BCUT2D eigenvalue weighted by Gasteiger charge is -2.53. The molecule has 0 N–H and O–H groups in total. The predicted molar refractivity (Wildman–Crippen MR) is 101 cm³/mol. The van der Waals surface area contributed by atoms with E-state index in [9.17, 15) is 0 Å². The summed E-state index contributed by atoms with van der Waals surface area (Å²) in [5.74, 6) is 7.87. The van der Waals surface area contributed by atoms with E-state index in [2.05, 4.69) is 64.3 Å². The molecule has 8 heteroatoms. The zero-order valence-corrected chi connectivity index (χ0v) is 17.0. The van der Waals surface area contributed by atoms with Crippen LogP contribution in [0, 0.1) is 0 Å². The van der Waals surface area contributed by atoms with Gasteiger partial charge in [-0.2, -0.15) is 35.3 Å². The molecule has 116 valence electrons. The summed E-state index contributed by atoms with van der Waals surface area (Å²) in [6.07, 6.45) is 0. The highest BCUT2D eigenvalue weighted by molar-refractivity contribution is 9.25. The van der Waals surface area contributed by atoms with Gasteiger partial charge in [0.25, 0.3) is 0 Å². The molecule has 3 aliphatic heterocycles.